The van der Waals surface area contributed by atoms with Crippen molar-refractivity contribution < 1.29 is 23.1 Å². The number of carbonyl (C=O) groups is 1. The molecule has 0 radical (unpaired) electrons. The third kappa shape index (κ3) is 4.19. The number of rotatable bonds is 4. The first-order chi connectivity index (χ1) is 12.2. The highest BCUT2D eigenvalue weighted by molar-refractivity contribution is 6.30. The SMILES string of the molecule is O=C(N[C@@H]1CC(Cn2cc(Cl)cn2)C[C@H]1O)c1ccccc1C(F)(F)F. The first-order valence-corrected chi connectivity index (χ1v) is 8.45. The Morgan fingerprint density at radius 3 is 2.73 bits per heavy atom. The smallest absolute Gasteiger partial charge is 0.391 e. The number of aliphatic hydroxyl groups excluding tert-OH is 1. The summed E-state index contributed by atoms with van der Waals surface area (Å²) < 4.78 is 40.8. The lowest BCUT2D eigenvalue weighted by Gasteiger charge is -2.18. The van der Waals surface area contributed by atoms with Gasteiger partial charge in [0.1, 0.15) is 0 Å². The quantitative estimate of drug-likeness (QED) is 0.847. The van der Waals surface area contributed by atoms with E-state index >= 15 is 0 Å². The maximum Gasteiger partial charge on any atom is 0.417 e. The van der Waals surface area contributed by atoms with Gasteiger partial charge in [-0.15, -0.1) is 0 Å². The van der Waals surface area contributed by atoms with Gasteiger partial charge in [0.05, 0.1) is 34.5 Å². The van der Waals surface area contributed by atoms with Gasteiger partial charge in [-0.1, -0.05) is 23.7 Å². The molecule has 1 heterocycles. The van der Waals surface area contributed by atoms with Gasteiger partial charge in [-0.3, -0.25) is 9.48 Å². The molecule has 1 aliphatic rings. The van der Waals surface area contributed by atoms with Crippen LogP contribution < -0.4 is 5.32 Å². The summed E-state index contributed by atoms with van der Waals surface area (Å²) in [5.41, 5.74) is -1.44. The third-order valence-corrected chi connectivity index (χ3v) is 4.66. The topological polar surface area (TPSA) is 67.2 Å². The van der Waals surface area contributed by atoms with Crippen LogP contribution in [0.4, 0.5) is 13.2 Å². The average Bonchev–Trinajstić information content (AvgIpc) is 3.12. The van der Waals surface area contributed by atoms with Crippen LogP contribution in [0.2, 0.25) is 5.02 Å². The van der Waals surface area contributed by atoms with E-state index in [-0.39, 0.29) is 5.92 Å². The molecule has 1 amide bonds. The molecule has 1 aromatic carbocycles. The van der Waals surface area contributed by atoms with Gasteiger partial charge in [-0.25, -0.2) is 0 Å². The first kappa shape index (κ1) is 18.7. The minimum atomic E-state index is -4.62. The van der Waals surface area contributed by atoms with Crippen molar-refractivity contribution in [2.24, 2.45) is 5.92 Å². The number of nitrogens with one attached hydrogen (secondary N) is 1. The number of aliphatic hydroxyl groups is 1. The molecule has 0 bridgehead atoms. The Morgan fingerprint density at radius 2 is 2.08 bits per heavy atom. The lowest BCUT2D eigenvalue weighted by molar-refractivity contribution is -0.137. The second kappa shape index (κ2) is 7.28. The first-order valence-electron chi connectivity index (χ1n) is 8.07. The van der Waals surface area contributed by atoms with Gasteiger partial charge in [-0.05, 0) is 30.9 Å². The maximum atomic E-state index is 13.1. The summed E-state index contributed by atoms with van der Waals surface area (Å²) in [7, 11) is 0. The van der Waals surface area contributed by atoms with Crippen LogP contribution in [0.5, 0.6) is 0 Å². The minimum absolute atomic E-state index is 0.0316. The standard InChI is InChI=1S/C17H17ClF3N3O2/c18-11-7-22-24(9-11)8-10-5-14(15(25)6-10)23-16(26)12-3-1-2-4-13(12)17(19,20)21/h1-4,7,9-10,14-15,25H,5-6,8H2,(H,23,26)/t10?,14-,15-/m1/s1. The van der Waals surface area contributed by atoms with E-state index in [0.717, 1.165) is 12.1 Å². The fourth-order valence-corrected chi connectivity index (χ4v) is 3.46. The van der Waals surface area contributed by atoms with Gasteiger partial charge in [0.2, 0.25) is 0 Å². The van der Waals surface area contributed by atoms with Crippen molar-refractivity contribution in [1.29, 1.82) is 0 Å². The average molecular weight is 388 g/mol. The fraction of sp³-hybridized carbons (Fsp3) is 0.412. The van der Waals surface area contributed by atoms with Crippen molar-refractivity contribution in [1.82, 2.24) is 15.1 Å². The molecule has 0 saturated heterocycles. The van der Waals surface area contributed by atoms with Crippen LogP contribution >= 0.6 is 11.6 Å². The highest BCUT2D eigenvalue weighted by atomic mass is 35.5. The summed E-state index contributed by atoms with van der Waals surface area (Å²) in [6.45, 7) is 0.509. The van der Waals surface area contributed by atoms with E-state index in [0.29, 0.717) is 24.4 Å². The van der Waals surface area contributed by atoms with Gasteiger partial charge in [0.25, 0.3) is 5.91 Å². The maximum absolute atomic E-state index is 13.1. The summed E-state index contributed by atoms with van der Waals surface area (Å²) in [4.78, 5) is 12.3. The zero-order valence-corrected chi connectivity index (χ0v) is 14.3. The van der Waals surface area contributed by atoms with E-state index in [9.17, 15) is 23.1 Å². The van der Waals surface area contributed by atoms with Crippen molar-refractivity contribution >= 4 is 17.5 Å². The van der Waals surface area contributed by atoms with Crippen molar-refractivity contribution in [2.75, 3.05) is 0 Å². The molecule has 1 aliphatic carbocycles. The van der Waals surface area contributed by atoms with Crippen LogP contribution in [0.25, 0.3) is 0 Å². The molecule has 1 unspecified atom stereocenters. The normalized spacial score (nSPS) is 23.2. The van der Waals surface area contributed by atoms with E-state index in [4.69, 9.17) is 11.6 Å². The Morgan fingerprint density at radius 1 is 1.35 bits per heavy atom. The lowest BCUT2D eigenvalue weighted by Crippen LogP contribution is -2.40. The van der Waals surface area contributed by atoms with E-state index in [1.807, 2.05) is 0 Å². The Labute approximate surface area is 152 Å². The highest BCUT2D eigenvalue weighted by Gasteiger charge is 2.38. The Hall–Kier alpha value is -2.06. The summed E-state index contributed by atoms with van der Waals surface area (Å²) >= 11 is 5.81. The third-order valence-electron chi connectivity index (χ3n) is 4.47. The number of hydrogen-bond donors (Lipinski definition) is 2. The van der Waals surface area contributed by atoms with Crippen LogP contribution in [0.15, 0.2) is 36.7 Å². The molecule has 1 saturated carbocycles. The van der Waals surface area contributed by atoms with Crippen LogP contribution in [0.1, 0.15) is 28.8 Å². The molecule has 2 N–H and O–H groups in total. The number of carbonyl (C=O) groups excluding carboxylic acids is 1. The molecule has 140 valence electrons. The predicted molar refractivity (Wildman–Crippen MR) is 88.7 cm³/mol. The number of hydrogen-bond acceptors (Lipinski definition) is 3. The van der Waals surface area contributed by atoms with E-state index in [2.05, 4.69) is 10.4 Å². The van der Waals surface area contributed by atoms with Crippen LogP contribution in [-0.4, -0.2) is 32.9 Å². The van der Waals surface area contributed by atoms with Crippen LogP contribution in [0, 0.1) is 5.92 Å². The largest absolute Gasteiger partial charge is 0.417 e. The minimum Gasteiger partial charge on any atom is -0.391 e. The van der Waals surface area contributed by atoms with Gasteiger partial charge in [0.15, 0.2) is 0 Å². The van der Waals surface area contributed by atoms with E-state index in [1.165, 1.54) is 18.3 Å². The Kier molecular flexibility index (Phi) is 5.24. The van der Waals surface area contributed by atoms with Gasteiger partial charge >= 0.3 is 6.18 Å². The number of nitrogens with zero attached hydrogens (tertiary/aromatic N) is 2. The van der Waals surface area contributed by atoms with Crippen LogP contribution in [0.3, 0.4) is 0 Å². The van der Waals surface area contributed by atoms with Gasteiger partial charge < -0.3 is 10.4 Å². The number of benzene rings is 1. The predicted octanol–water partition coefficient (Wildman–Crippen LogP) is 3.12. The van der Waals surface area contributed by atoms with Gasteiger partial charge in [0, 0.05) is 12.7 Å². The van der Waals surface area contributed by atoms with Crippen molar-refractivity contribution in [3.8, 4) is 0 Å². The van der Waals surface area contributed by atoms with Crippen LogP contribution in [-0.2, 0) is 12.7 Å². The van der Waals surface area contributed by atoms with E-state index < -0.39 is 35.4 Å². The molecule has 2 aromatic rings. The summed E-state index contributed by atoms with van der Waals surface area (Å²) in [5.74, 6) is -0.811. The molecule has 3 rings (SSSR count). The molecule has 9 heteroatoms. The molecule has 3 atom stereocenters. The second-order valence-electron chi connectivity index (χ2n) is 6.41. The zero-order chi connectivity index (χ0) is 18.9. The molecule has 5 nitrogen and oxygen atoms in total. The molecule has 26 heavy (non-hydrogen) atoms. The fourth-order valence-electron chi connectivity index (χ4n) is 3.30. The molecule has 1 aromatic heterocycles. The number of aromatic nitrogens is 2. The van der Waals surface area contributed by atoms with Crippen molar-refractivity contribution in [3.63, 3.8) is 0 Å². The number of alkyl halides is 3. The lowest BCUT2D eigenvalue weighted by atomic mass is 10.1. The Balaban J connectivity index is 1.67. The van der Waals surface area contributed by atoms with E-state index in [1.54, 1.807) is 10.9 Å². The van der Waals surface area contributed by atoms with Crippen molar-refractivity contribution in [3.05, 3.63) is 52.8 Å². The summed E-state index contributed by atoms with van der Waals surface area (Å²) in [6.07, 6.45) is -1.43. The zero-order valence-electron chi connectivity index (χ0n) is 13.6. The second-order valence-corrected chi connectivity index (χ2v) is 6.85. The summed E-state index contributed by atoms with van der Waals surface area (Å²) in [6, 6.07) is 3.99. The highest BCUT2D eigenvalue weighted by Crippen LogP contribution is 2.32. The number of amides is 1. The van der Waals surface area contributed by atoms with Crippen molar-refractivity contribution in [2.45, 2.75) is 37.7 Å². The molecule has 0 aliphatic heterocycles. The Bertz CT molecular complexity index is 794. The monoisotopic (exact) mass is 387 g/mol. The molecule has 1 fully saturated rings. The number of halogens is 4. The summed E-state index contributed by atoms with van der Waals surface area (Å²) in [5, 5.41) is 17.3. The van der Waals surface area contributed by atoms with Gasteiger partial charge in [-0.2, -0.15) is 18.3 Å². The molecular formula is C17H17ClF3N3O2. The molecular weight excluding hydrogens is 371 g/mol. The molecule has 0 spiro atoms.